The van der Waals surface area contributed by atoms with Crippen LogP contribution in [0.25, 0.3) is 0 Å². The summed E-state index contributed by atoms with van der Waals surface area (Å²) in [6.07, 6.45) is 0. The second-order valence-electron chi connectivity index (χ2n) is 0.926. The first kappa shape index (κ1) is 4.52. The van der Waals surface area contributed by atoms with Crippen molar-refractivity contribution in [1.82, 2.24) is 0 Å². The molecule has 0 unspecified atom stereocenters. The fraction of sp³-hybridized carbons (Fsp3) is 1.00. The minimum absolute atomic E-state index is 0.396. The molecule has 0 bridgehead atoms. The van der Waals surface area contributed by atoms with Crippen LogP contribution in [0.2, 0.25) is 4.82 Å². The summed E-state index contributed by atoms with van der Waals surface area (Å²) in [7, 11) is 0. The summed E-state index contributed by atoms with van der Waals surface area (Å²) in [5.41, 5.74) is 0. The van der Waals surface area contributed by atoms with E-state index in [1.54, 1.807) is 0 Å². The van der Waals surface area contributed by atoms with Gasteiger partial charge in [0.05, 0.1) is 0 Å². The quantitative estimate of drug-likeness (QED) is 0.409. The fourth-order valence-electron chi connectivity index (χ4n) is 0. The molecule has 4 heavy (non-hydrogen) atoms. The monoisotopic (exact) mass is 106 g/mol. The van der Waals surface area contributed by atoms with Crippen molar-refractivity contribution < 1.29 is 16.0 Å². The van der Waals surface area contributed by atoms with Crippen molar-refractivity contribution in [3.63, 3.8) is 0 Å². The first-order valence-corrected chi connectivity index (χ1v) is 1.87. The molecule has 0 amide bonds. The second kappa shape index (κ2) is 1.80. The summed E-state index contributed by atoms with van der Waals surface area (Å²) < 4.78 is 0. The topological polar surface area (TPSA) is 0 Å². The van der Waals surface area contributed by atoms with Crippen molar-refractivity contribution in [2.24, 2.45) is 0 Å². The minimum atomic E-state index is 0.396. The van der Waals surface area contributed by atoms with Gasteiger partial charge < -0.3 is 0 Å². The van der Waals surface area contributed by atoms with Gasteiger partial charge in [0.2, 0.25) is 0 Å². The van der Waals surface area contributed by atoms with Crippen LogP contribution in [0.3, 0.4) is 0 Å². The van der Waals surface area contributed by atoms with Crippen LogP contribution in [-0.2, 0) is 16.0 Å². The Labute approximate surface area is 35.4 Å². The third-order valence-electron chi connectivity index (χ3n) is 0. The van der Waals surface area contributed by atoms with Crippen molar-refractivity contribution in [2.45, 2.75) is 18.7 Å². The van der Waals surface area contributed by atoms with Gasteiger partial charge in [0.25, 0.3) is 0 Å². The molecule has 1 heteroatoms. The SMILES string of the molecule is C[CH](C)[Cu]. The summed E-state index contributed by atoms with van der Waals surface area (Å²) >= 11 is 4.74. The average Bonchev–Trinajstić information content (AvgIpc) is 0.811. The van der Waals surface area contributed by atoms with Gasteiger partial charge >= 0.3 is 34.7 Å². The van der Waals surface area contributed by atoms with E-state index in [1.165, 1.54) is 0 Å². The summed E-state index contributed by atoms with van der Waals surface area (Å²) in [5.74, 6) is 0. The van der Waals surface area contributed by atoms with E-state index in [-0.39, 0.29) is 0 Å². The van der Waals surface area contributed by atoms with E-state index in [4.69, 9.17) is 16.0 Å². The van der Waals surface area contributed by atoms with E-state index in [0.29, 0.717) is 4.82 Å². The molecule has 0 aromatic heterocycles. The van der Waals surface area contributed by atoms with Gasteiger partial charge in [0.1, 0.15) is 0 Å². The molecular weight excluding hydrogens is 99.6 g/mol. The van der Waals surface area contributed by atoms with E-state index in [1.807, 2.05) is 13.8 Å². The molecule has 0 aliphatic carbocycles. The van der Waals surface area contributed by atoms with Gasteiger partial charge in [-0.25, -0.2) is 0 Å². The van der Waals surface area contributed by atoms with Crippen LogP contribution in [-0.4, -0.2) is 0 Å². The Morgan fingerprint density at radius 2 is 1.50 bits per heavy atom. The predicted octanol–water partition coefficient (Wildman–Crippen LogP) is 1.36. The summed E-state index contributed by atoms with van der Waals surface area (Å²) in [6.45, 7) is 3.94. The van der Waals surface area contributed by atoms with Crippen LogP contribution in [0.1, 0.15) is 13.8 Å². The van der Waals surface area contributed by atoms with Crippen molar-refractivity contribution in [1.29, 1.82) is 0 Å². The van der Waals surface area contributed by atoms with E-state index < -0.39 is 0 Å². The zero-order valence-corrected chi connectivity index (χ0v) is 3.82. The van der Waals surface area contributed by atoms with Crippen molar-refractivity contribution in [3.8, 4) is 0 Å². The van der Waals surface area contributed by atoms with Crippen LogP contribution >= 0.6 is 0 Å². The number of rotatable bonds is 0. The van der Waals surface area contributed by atoms with Crippen molar-refractivity contribution in [2.75, 3.05) is 0 Å². The maximum atomic E-state index is 4.74. The van der Waals surface area contributed by atoms with Crippen LogP contribution in [0.5, 0.6) is 0 Å². The molecule has 0 N–H and O–H groups in total. The molecule has 0 radical (unpaired) electrons. The molecule has 0 aromatic rings. The van der Waals surface area contributed by atoms with Gasteiger partial charge in [-0.2, -0.15) is 0 Å². The van der Waals surface area contributed by atoms with E-state index in [9.17, 15) is 0 Å². The first-order valence-electron chi connectivity index (χ1n) is 1.33. The van der Waals surface area contributed by atoms with E-state index >= 15 is 0 Å². The standard InChI is InChI=1S/C3H7.Cu/c1-3-2;/h3H,1-2H3;. The molecule has 0 aromatic carbocycles. The van der Waals surface area contributed by atoms with Gasteiger partial charge in [-0.3, -0.25) is 0 Å². The number of hydrogen-bond acceptors (Lipinski definition) is 0. The molecule has 0 atom stereocenters. The molecule has 0 saturated carbocycles. The second-order valence-corrected chi connectivity index (χ2v) is 2.01. The Kier molecular flexibility index (Phi) is 2.04. The summed E-state index contributed by atoms with van der Waals surface area (Å²) in [4.78, 5) is 0.396. The van der Waals surface area contributed by atoms with Gasteiger partial charge in [0, 0.05) is 0 Å². The number of hydrogen-bond donors (Lipinski definition) is 0. The van der Waals surface area contributed by atoms with Gasteiger partial charge in [-0.15, -0.1) is 0 Å². The third kappa shape index (κ3) is 21.6. The molecule has 0 aliphatic heterocycles. The third-order valence-corrected chi connectivity index (χ3v) is 0. The average molecular weight is 107 g/mol. The van der Waals surface area contributed by atoms with Crippen LogP contribution < -0.4 is 0 Å². The van der Waals surface area contributed by atoms with Crippen molar-refractivity contribution >= 4 is 0 Å². The Bertz CT molecular complexity index is 8.00. The molecule has 0 saturated heterocycles. The molecule has 0 aliphatic rings. The molecular formula is C3H7Cu. The van der Waals surface area contributed by atoms with Gasteiger partial charge in [0.15, 0.2) is 0 Å². The Balaban J connectivity index is 2.32. The van der Waals surface area contributed by atoms with E-state index in [0.717, 1.165) is 0 Å². The van der Waals surface area contributed by atoms with Crippen LogP contribution in [0, 0.1) is 0 Å². The fourth-order valence-corrected chi connectivity index (χ4v) is 0. The van der Waals surface area contributed by atoms with Crippen LogP contribution in [0.15, 0.2) is 0 Å². The normalized spacial score (nSPS) is 9.25. The summed E-state index contributed by atoms with van der Waals surface area (Å²) in [6, 6.07) is 0. The summed E-state index contributed by atoms with van der Waals surface area (Å²) in [5, 5.41) is 0. The molecule has 0 heterocycles. The van der Waals surface area contributed by atoms with Crippen molar-refractivity contribution in [3.05, 3.63) is 0 Å². The predicted molar refractivity (Wildman–Crippen MR) is 15.1 cm³/mol. The van der Waals surface area contributed by atoms with Gasteiger partial charge in [-0.05, 0) is 0 Å². The zero-order chi connectivity index (χ0) is 3.58. The molecule has 0 rings (SSSR count). The van der Waals surface area contributed by atoms with Gasteiger partial charge in [-0.1, -0.05) is 0 Å². The Morgan fingerprint density at radius 1 is 1.50 bits per heavy atom. The van der Waals surface area contributed by atoms with Crippen LogP contribution in [0.4, 0.5) is 0 Å². The maximum absolute atomic E-state index is 4.74. The first-order chi connectivity index (χ1) is 1.73. The van der Waals surface area contributed by atoms with E-state index in [2.05, 4.69) is 0 Å². The molecule has 0 fully saturated rings. The Morgan fingerprint density at radius 3 is 1.50 bits per heavy atom. The molecule has 0 nitrogen and oxygen atoms in total. The Hall–Kier alpha value is 0.519. The molecule has 30 valence electrons. The molecule has 0 spiro atoms. The zero-order valence-electron chi connectivity index (χ0n) is 2.88.